The summed E-state index contributed by atoms with van der Waals surface area (Å²) >= 11 is 6.08. The zero-order valence-electron chi connectivity index (χ0n) is 17.3. The standard InChI is InChI=1S/C26H21ClN2O3/c27-20-8-4-18-5-9-21(28-24(18)13-20)16-32-22-3-1-2-17(12-22)15-31-23-10-6-19-7-11-26(30)29-25(19)14-23/h1-6,8-10,12-14H,7,11,15-16H2,(H,29,30). The smallest absolute Gasteiger partial charge is 0.224 e. The minimum absolute atomic E-state index is 0.0449. The largest absolute Gasteiger partial charge is 0.489 e. The second kappa shape index (κ2) is 8.89. The summed E-state index contributed by atoms with van der Waals surface area (Å²) in [6.45, 7) is 0.758. The summed E-state index contributed by atoms with van der Waals surface area (Å²) in [7, 11) is 0. The van der Waals surface area contributed by atoms with Gasteiger partial charge in [-0.2, -0.15) is 0 Å². The monoisotopic (exact) mass is 444 g/mol. The molecule has 0 saturated carbocycles. The molecule has 0 unspecified atom stereocenters. The predicted molar refractivity (Wildman–Crippen MR) is 125 cm³/mol. The van der Waals surface area contributed by atoms with Crippen molar-refractivity contribution in [3.63, 3.8) is 0 Å². The molecule has 1 aromatic heterocycles. The van der Waals surface area contributed by atoms with E-state index in [1.165, 1.54) is 0 Å². The fourth-order valence-electron chi connectivity index (χ4n) is 3.70. The first-order chi connectivity index (χ1) is 15.6. The van der Waals surface area contributed by atoms with E-state index in [9.17, 15) is 4.79 Å². The molecule has 160 valence electrons. The summed E-state index contributed by atoms with van der Waals surface area (Å²) in [6.07, 6.45) is 1.29. The van der Waals surface area contributed by atoms with Crippen LogP contribution in [0.2, 0.25) is 5.02 Å². The van der Waals surface area contributed by atoms with Crippen LogP contribution < -0.4 is 14.8 Å². The summed E-state index contributed by atoms with van der Waals surface area (Å²) in [5.74, 6) is 1.51. The number of ether oxygens (including phenoxy) is 2. The van der Waals surface area contributed by atoms with Gasteiger partial charge in [0.1, 0.15) is 24.7 Å². The molecule has 1 aliphatic heterocycles. The first kappa shape index (κ1) is 20.3. The van der Waals surface area contributed by atoms with Crippen molar-refractivity contribution in [2.24, 2.45) is 0 Å². The van der Waals surface area contributed by atoms with Gasteiger partial charge in [-0.3, -0.25) is 4.79 Å². The van der Waals surface area contributed by atoms with Crippen LogP contribution in [0, 0.1) is 0 Å². The van der Waals surface area contributed by atoms with E-state index in [1.807, 2.05) is 72.8 Å². The number of halogens is 1. The number of nitrogens with zero attached hydrogens (tertiary/aromatic N) is 1. The average Bonchev–Trinajstić information content (AvgIpc) is 2.81. The van der Waals surface area contributed by atoms with Gasteiger partial charge < -0.3 is 14.8 Å². The number of fused-ring (bicyclic) bond motifs is 2. The molecule has 1 amide bonds. The van der Waals surface area contributed by atoms with Crippen LogP contribution in [0.25, 0.3) is 10.9 Å². The van der Waals surface area contributed by atoms with E-state index in [0.29, 0.717) is 24.7 Å². The Morgan fingerprint density at radius 1 is 0.875 bits per heavy atom. The highest BCUT2D eigenvalue weighted by Crippen LogP contribution is 2.28. The number of hydrogen-bond acceptors (Lipinski definition) is 4. The van der Waals surface area contributed by atoms with Crippen molar-refractivity contribution in [3.8, 4) is 11.5 Å². The van der Waals surface area contributed by atoms with E-state index < -0.39 is 0 Å². The van der Waals surface area contributed by atoms with E-state index >= 15 is 0 Å². The zero-order valence-corrected chi connectivity index (χ0v) is 18.1. The number of pyridine rings is 1. The second-order valence-corrected chi connectivity index (χ2v) is 8.17. The maximum Gasteiger partial charge on any atom is 0.224 e. The summed E-state index contributed by atoms with van der Waals surface area (Å²) in [6, 6.07) is 23.3. The van der Waals surface area contributed by atoms with Gasteiger partial charge in [0.2, 0.25) is 5.91 Å². The van der Waals surface area contributed by atoms with E-state index in [-0.39, 0.29) is 5.91 Å². The lowest BCUT2D eigenvalue weighted by molar-refractivity contribution is -0.116. The molecule has 0 aliphatic carbocycles. The number of aryl methyl sites for hydroxylation is 1. The molecule has 3 aromatic carbocycles. The summed E-state index contributed by atoms with van der Waals surface area (Å²) in [5, 5.41) is 4.61. The Kier molecular flexibility index (Phi) is 5.65. The van der Waals surface area contributed by atoms with Gasteiger partial charge in [-0.25, -0.2) is 4.98 Å². The number of carbonyl (C=O) groups is 1. The van der Waals surface area contributed by atoms with Gasteiger partial charge in [-0.1, -0.05) is 41.9 Å². The minimum atomic E-state index is 0.0449. The minimum Gasteiger partial charge on any atom is -0.489 e. The predicted octanol–water partition coefficient (Wildman–Crippen LogP) is 5.93. The van der Waals surface area contributed by atoms with Crippen LogP contribution in [0.1, 0.15) is 23.2 Å². The Bertz CT molecular complexity index is 1310. The molecule has 1 N–H and O–H groups in total. The molecule has 5 nitrogen and oxygen atoms in total. The van der Waals surface area contributed by atoms with E-state index in [0.717, 1.165) is 51.3 Å². The Morgan fingerprint density at radius 3 is 2.66 bits per heavy atom. The quantitative estimate of drug-likeness (QED) is 0.400. The number of nitrogens with one attached hydrogen (secondary N) is 1. The van der Waals surface area contributed by atoms with E-state index in [4.69, 9.17) is 21.1 Å². The first-order valence-corrected chi connectivity index (χ1v) is 10.8. The van der Waals surface area contributed by atoms with Crippen molar-refractivity contribution < 1.29 is 14.3 Å². The van der Waals surface area contributed by atoms with Crippen molar-refractivity contribution in [3.05, 3.63) is 94.6 Å². The van der Waals surface area contributed by atoms with Crippen molar-refractivity contribution >= 4 is 34.1 Å². The van der Waals surface area contributed by atoms with Crippen LogP contribution >= 0.6 is 11.6 Å². The highest BCUT2D eigenvalue weighted by atomic mass is 35.5. The molecule has 6 heteroatoms. The SMILES string of the molecule is O=C1CCc2ccc(OCc3cccc(OCc4ccc5ccc(Cl)cc5n4)c3)cc2N1. The van der Waals surface area contributed by atoms with Gasteiger partial charge >= 0.3 is 0 Å². The Labute approximate surface area is 191 Å². The van der Waals surface area contributed by atoms with Crippen LogP contribution in [-0.4, -0.2) is 10.9 Å². The third-order valence-electron chi connectivity index (χ3n) is 5.38. The van der Waals surface area contributed by atoms with Gasteiger partial charge in [0.25, 0.3) is 0 Å². The van der Waals surface area contributed by atoms with Crippen LogP contribution in [0.5, 0.6) is 11.5 Å². The molecule has 5 rings (SSSR count). The lowest BCUT2D eigenvalue weighted by Gasteiger charge is -2.17. The first-order valence-electron chi connectivity index (χ1n) is 10.4. The molecule has 0 bridgehead atoms. The Balaban J connectivity index is 1.22. The van der Waals surface area contributed by atoms with Gasteiger partial charge in [-0.05, 0) is 53.9 Å². The maximum absolute atomic E-state index is 11.6. The number of hydrogen-bond donors (Lipinski definition) is 1. The number of carbonyl (C=O) groups excluding carboxylic acids is 1. The van der Waals surface area contributed by atoms with Crippen molar-refractivity contribution in [1.82, 2.24) is 4.98 Å². The van der Waals surface area contributed by atoms with Gasteiger partial charge in [0.15, 0.2) is 0 Å². The molecule has 0 fully saturated rings. The number of rotatable bonds is 6. The maximum atomic E-state index is 11.6. The van der Waals surface area contributed by atoms with Crippen molar-refractivity contribution in [2.45, 2.75) is 26.1 Å². The summed E-state index contributed by atoms with van der Waals surface area (Å²) in [5.41, 5.74) is 4.64. The fourth-order valence-corrected chi connectivity index (χ4v) is 3.87. The highest BCUT2D eigenvalue weighted by molar-refractivity contribution is 6.31. The number of aromatic nitrogens is 1. The Morgan fingerprint density at radius 2 is 1.72 bits per heavy atom. The average molecular weight is 445 g/mol. The molecule has 0 radical (unpaired) electrons. The van der Waals surface area contributed by atoms with Crippen LogP contribution in [0.3, 0.4) is 0 Å². The highest BCUT2D eigenvalue weighted by Gasteiger charge is 2.15. The third-order valence-corrected chi connectivity index (χ3v) is 5.61. The lowest BCUT2D eigenvalue weighted by atomic mass is 10.0. The van der Waals surface area contributed by atoms with Gasteiger partial charge in [0, 0.05) is 28.6 Å². The number of benzene rings is 3. The van der Waals surface area contributed by atoms with E-state index in [2.05, 4.69) is 10.3 Å². The van der Waals surface area contributed by atoms with Gasteiger partial charge in [-0.15, -0.1) is 0 Å². The second-order valence-electron chi connectivity index (χ2n) is 7.73. The molecule has 2 heterocycles. The molecule has 1 aliphatic rings. The lowest BCUT2D eigenvalue weighted by Crippen LogP contribution is -2.18. The molecular formula is C26H21ClN2O3. The summed E-state index contributed by atoms with van der Waals surface area (Å²) < 4.78 is 11.9. The van der Waals surface area contributed by atoms with Crippen LogP contribution in [0.15, 0.2) is 72.8 Å². The van der Waals surface area contributed by atoms with Crippen LogP contribution in [-0.2, 0) is 24.4 Å². The Hall–Kier alpha value is -3.57. The van der Waals surface area contributed by atoms with Crippen molar-refractivity contribution in [1.29, 1.82) is 0 Å². The van der Waals surface area contributed by atoms with Gasteiger partial charge in [0.05, 0.1) is 11.2 Å². The number of anilines is 1. The normalized spacial score (nSPS) is 12.8. The third kappa shape index (κ3) is 4.68. The zero-order chi connectivity index (χ0) is 21.9. The molecule has 32 heavy (non-hydrogen) atoms. The fraction of sp³-hybridized carbons (Fsp3) is 0.154. The molecule has 0 spiro atoms. The van der Waals surface area contributed by atoms with E-state index in [1.54, 1.807) is 0 Å². The molecule has 4 aromatic rings. The summed E-state index contributed by atoms with van der Waals surface area (Å²) in [4.78, 5) is 16.2. The topological polar surface area (TPSA) is 60.5 Å². The molecule has 0 saturated heterocycles. The molecule has 0 atom stereocenters. The van der Waals surface area contributed by atoms with Crippen molar-refractivity contribution in [2.75, 3.05) is 5.32 Å². The molecular weight excluding hydrogens is 424 g/mol. The number of amides is 1. The van der Waals surface area contributed by atoms with Crippen LogP contribution in [0.4, 0.5) is 5.69 Å².